The standard InChI is InChI=1S/C14H9ClN4O/c1-8-16-12(15)6-13-17-18-14(19(8)13)10-7-20-11-5-3-2-4-9(10)11/h2-7H,1H3. The van der Waals surface area contributed by atoms with Gasteiger partial charge in [-0.3, -0.25) is 4.40 Å². The van der Waals surface area contributed by atoms with E-state index < -0.39 is 0 Å². The summed E-state index contributed by atoms with van der Waals surface area (Å²) in [5.74, 6) is 1.43. The third kappa shape index (κ3) is 1.53. The minimum absolute atomic E-state index is 0.408. The first kappa shape index (κ1) is 11.4. The quantitative estimate of drug-likeness (QED) is 0.502. The van der Waals surface area contributed by atoms with E-state index in [0.717, 1.165) is 22.4 Å². The van der Waals surface area contributed by atoms with Crippen LogP contribution < -0.4 is 0 Å². The van der Waals surface area contributed by atoms with E-state index in [9.17, 15) is 0 Å². The summed E-state index contributed by atoms with van der Waals surface area (Å²) in [6.07, 6.45) is 1.69. The van der Waals surface area contributed by atoms with Crippen molar-refractivity contribution in [3.8, 4) is 11.4 Å². The van der Waals surface area contributed by atoms with E-state index in [4.69, 9.17) is 16.0 Å². The first-order chi connectivity index (χ1) is 9.74. The molecule has 4 rings (SSSR count). The number of aromatic nitrogens is 4. The number of hydrogen-bond acceptors (Lipinski definition) is 4. The minimum Gasteiger partial charge on any atom is -0.464 e. The Morgan fingerprint density at radius 2 is 2.05 bits per heavy atom. The molecule has 20 heavy (non-hydrogen) atoms. The third-order valence-corrected chi connectivity index (χ3v) is 3.44. The molecule has 98 valence electrons. The van der Waals surface area contributed by atoms with E-state index >= 15 is 0 Å². The fraction of sp³-hybridized carbons (Fsp3) is 0.0714. The van der Waals surface area contributed by atoms with Crippen molar-refractivity contribution in [2.45, 2.75) is 6.92 Å². The van der Waals surface area contributed by atoms with Crippen LogP contribution in [0.2, 0.25) is 5.15 Å². The van der Waals surface area contributed by atoms with E-state index in [1.54, 1.807) is 12.3 Å². The summed E-state index contributed by atoms with van der Waals surface area (Å²) in [4.78, 5) is 4.24. The van der Waals surface area contributed by atoms with Crippen LogP contribution in [-0.4, -0.2) is 19.6 Å². The second-order valence-corrected chi connectivity index (χ2v) is 4.88. The number of para-hydroxylation sites is 1. The second-order valence-electron chi connectivity index (χ2n) is 4.49. The molecule has 5 nitrogen and oxygen atoms in total. The molecule has 3 aromatic heterocycles. The van der Waals surface area contributed by atoms with Crippen molar-refractivity contribution in [3.05, 3.63) is 47.6 Å². The normalized spacial score (nSPS) is 11.5. The third-order valence-electron chi connectivity index (χ3n) is 3.25. The van der Waals surface area contributed by atoms with Gasteiger partial charge in [0.05, 0.1) is 5.56 Å². The minimum atomic E-state index is 0.408. The average molecular weight is 285 g/mol. The molecule has 0 saturated carbocycles. The van der Waals surface area contributed by atoms with Crippen molar-refractivity contribution in [2.75, 3.05) is 0 Å². The molecule has 6 heteroatoms. The van der Waals surface area contributed by atoms with Gasteiger partial charge < -0.3 is 4.42 Å². The number of rotatable bonds is 1. The highest BCUT2D eigenvalue weighted by atomic mass is 35.5. The Kier molecular flexibility index (Phi) is 2.31. The van der Waals surface area contributed by atoms with Crippen LogP contribution in [0.25, 0.3) is 28.0 Å². The molecule has 0 unspecified atom stereocenters. The number of fused-ring (bicyclic) bond motifs is 2. The maximum Gasteiger partial charge on any atom is 0.173 e. The van der Waals surface area contributed by atoms with Crippen LogP contribution in [0.15, 0.2) is 41.0 Å². The van der Waals surface area contributed by atoms with Gasteiger partial charge in [0.25, 0.3) is 0 Å². The Balaban J connectivity index is 2.08. The molecule has 0 N–H and O–H groups in total. The summed E-state index contributed by atoms with van der Waals surface area (Å²) < 4.78 is 7.42. The van der Waals surface area contributed by atoms with Gasteiger partial charge in [-0.1, -0.05) is 29.8 Å². The zero-order valence-corrected chi connectivity index (χ0v) is 11.3. The molecule has 0 amide bonds. The highest BCUT2D eigenvalue weighted by Gasteiger charge is 2.16. The summed E-state index contributed by atoms with van der Waals surface area (Å²) in [6, 6.07) is 9.50. The topological polar surface area (TPSA) is 56.2 Å². The van der Waals surface area contributed by atoms with Crippen LogP contribution in [0, 0.1) is 6.92 Å². The molecule has 0 spiro atoms. The lowest BCUT2D eigenvalue weighted by Crippen LogP contribution is -1.97. The van der Waals surface area contributed by atoms with Crippen molar-refractivity contribution < 1.29 is 4.42 Å². The Morgan fingerprint density at radius 1 is 1.20 bits per heavy atom. The highest BCUT2D eigenvalue weighted by molar-refractivity contribution is 6.29. The molecule has 4 aromatic rings. The van der Waals surface area contributed by atoms with E-state index in [2.05, 4.69) is 15.2 Å². The smallest absolute Gasteiger partial charge is 0.173 e. The van der Waals surface area contributed by atoms with Crippen LogP contribution in [0.4, 0.5) is 0 Å². The summed E-state index contributed by atoms with van der Waals surface area (Å²) in [5.41, 5.74) is 2.38. The first-order valence-corrected chi connectivity index (χ1v) is 6.47. The summed E-state index contributed by atoms with van der Waals surface area (Å²) in [7, 11) is 0. The molecule has 0 atom stereocenters. The predicted molar refractivity (Wildman–Crippen MR) is 75.7 cm³/mol. The summed E-state index contributed by atoms with van der Waals surface area (Å²) in [5, 5.41) is 9.80. The number of halogens is 1. The predicted octanol–water partition coefficient (Wildman–Crippen LogP) is 3.50. The summed E-state index contributed by atoms with van der Waals surface area (Å²) >= 11 is 5.94. The second kappa shape index (κ2) is 4.05. The molecule has 0 radical (unpaired) electrons. The number of hydrogen-bond donors (Lipinski definition) is 0. The van der Waals surface area contributed by atoms with E-state index in [1.807, 2.05) is 35.6 Å². The van der Waals surface area contributed by atoms with E-state index in [-0.39, 0.29) is 0 Å². The van der Waals surface area contributed by atoms with Gasteiger partial charge in [-0.2, -0.15) is 0 Å². The Morgan fingerprint density at radius 3 is 2.95 bits per heavy atom. The molecule has 0 aliphatic rings. The van der Waals surface area contributed by atoms with Crippen LogP contribution in [0.3, 0.4) is 0 Å². The molecule has 0 aliphatic carbocycles. The van der Waals surface area contributed by atoms with Gasteiger partial charge in [0.1, 0.15) is 22.8 Å². The van der Waals surface area contributed by atoms with E-state index in [1.165, 1.54) is 0 Å². The lowest BCUT2D eigenvalue weighted by atomic mass is 10.1. The zero-order chi connectivity index (χ0) is 13.7. The van der Waals surface area contributed by atoms with Crippen molar-refractivity contribution in [1.29, 1.82) is 0 Å². The van der Waals surface area contributed by atoms with Gasteiger partial charge in [-0.25, -0.2) is 4.98 Å². The molecule has 3 heterocycles. The molecule has 0 aliphatic heterocycles. The number of nitrogens with zero attached hydrogens (tertiary/aromatic N) is 4. The monoisotopic (exact) mass is 284 g/mol. The summed E-state index contributed by atoms with van der Waals surface area (Å²) in [6.45, 7) is 1.87. The SMILES string of the molecule is Cc1nc(Cl)cc2nnc(-c3coc4ccccc34)n12. The van der Waals surface area contributed by atoms with Crippen LogP contribution in [0.5, 0.6) is 0 Å². The van der Waals surface area contributed by atoms with Crippen molar-refractivity contribution >= 4 is 28.2 Å². The van der Waals surface area contributed by atoms with Crippen molar-refractivity contribution in [1.82, 2.24) is 19.6 Å². The maximum absolute atomic E-state index is 5.94. The Labute approximate surface area is 118 Å². The molecule has 0 bridgehead atoms. The molecule has 1 aromatic carbocycles. The number of benzene rings is 1. The largest absolute Gasteiger partial charge is 0.464 e. The Hall–Kier alpha value is -2.40. The van der Waals surface area contributed by atoms with Gasteiger partial charge in [0.15, 0.2) is 11.5 Å². The number of furan rings is 1. The van der Waals surface area contributed by atoms with Gasteiger partial charge in [0.2, 0.25) is 0 Å². The highest BCUT2D eigenvalue weighted by Crippen LogP contribution is 2.30. The fourth-order valence-corrected chi connectivity index (χ4v) is 2.60. The fourth-order valence-electron chi connectivity index (χ4n) is 2.38. The molecular formula is C14H9ClN4O. The van der Waals surface area contributed by atoms with Gasteiger partial charge in [-0.15, -0.1) is 10.2 Å². The number of aryl methyl sites for hydroxylation is 1. The Bertz CT molecular complexity index is 941. The average Bonchev–Trinajstić information content (AvgIpc) is 3.01. The lowest BCUT2D eigenvalue weighted by Gasteiger charge is -2.02. The van der Waals surface area contributed by atoms with Gasteiger partial charge >= 0.3 is 0 Å². The van der Waals surface area contributed by atoms with Crippen LogP contribution >= 0.6 is 11.6 Å². The first-order valence-electron chi connectivity index (χ1n) is 6.09. The van der Waals surface area contributed by atoms with Gasteiger partial charge in [-0.05, 0) is 13.0 Å². The van der Waals surface area contributed by atoms with Crippen molar-refractivity contribution in [3.63, 3.8) is 0 Å². The lowest BCUT2D eigenvalue weighted by molar-refractivity contribution is 0.616. The molecular weight excluding hydrogens is 276 g/mol. The van der Waals surface area contributed by atoms with Crippen LogP contribution in [-0.2, 0) is 0 Å². The molecule has 0 fully saturated rings. The van der Waals surface area contributed by atoms with Crippen molar-refractivity contribution in [2.24, 2.45) is 0 Å². The van der Waals surface area contributed by atoms with Gasteiger partial charge in [0, 0.05) is 11.5 Å². The van der Waals surface area contributed by atoms with Crippen LogP contribution in [0.1, 0.15) is 5.82 Å². The van der Waals surface area contributed by atoms with E-state index in [0.29, 0.717) is 16.6 Å². The zero-order valence-electron chi connectivity index (χ0n) is 10.5. The molecule has 0 saturated heterocycles. The maximum atomic E-state index is 5.94.